The number of hydrogen-bond acceptors (Lipinski definition) is 4. The van der Waals surface area contributed by atoms with Gasteiger partial charge in [0.1, 0.15) is 5.82 Å². The molecule has 0 aliphatic heterocycles. The third-order valence-electron chi connectivity index (χ3n) is 2.66. The van der Waals surface area contributed by atoms with Crippen LogP contribution < -0.4 is 5.73 Å². The van der Waals surface area contributed by atoms with Gasteiger partial charge in [0.15, 0.2) is 0 Å². The lowest BCUT2D eigenvalue weighted by Crippen LogP contribution is -2.10. The third-order valence-corrected chi connectivity index (χ3v) is 3.27. The first kappa shape index (κ1) is 13.8. The Morgan fingerprint density at radius 1 is 1.58 bits per heavy atom. The number of benzene rings is 1. The predicted octanol–water partition coefficient (Wildman–Crippen LogP) is 2.47. The topological polar surface area (TPSA) is 70.1 Å². The number of hydrogen-bond donors (Lipinski definition) is 1. The highest BCUT2D eigenvalue weighted by molar-refractivity contribution is 9.10. The average molecular weight is 330 g/mol. The molecule has 0 aliphatic rings. The molecule has 0 aliphatic carbocycles. The minimum absolute atomic E-state index is 0.168. The largest absolute Gasteiger partial charge is 0.466 e. The van der Waals surface area contributed by atoms with Crippen LogP contribution in [0.4, 0.5) is 10.3 Å². The van der Waals surface area contributed by atoms with Crippen LogP contribution in [0.25, 0.3) is 11.0 Å². The first-order valence-corrected chi connectivity index (χ1v) is 6.58. The number of ether oxygens (including phenoxy) is 1. The first-order valence-electron chi connectivity index (χ1n) is 5.79. The maximum Gasteiger partial charge on any atom is 0.307 e. The highest BCUT2D eigenvalue weighted by atomic mass is 79.9. The van der Waals surface area contributed by atoms with Crippen molar-refractivity contribution in [1.29, 1.82) is 0 Å². The fraction of sp³-hybridized carbons (Fsp3) is 0.333. The average Bonchev–Trinajstić information content (AvgIpc) is 2.63. The Bertz CT molecular complexity index is 627. The number of carbonyl (C=O) groups excluding carboxylic acids is 1. The molecular formula is C12H13BrFN3O2. The molecule has 0 radical (unpaired) electrons. The summed E-state index contributed by atoms with van der Waals surface area (Å²) in [5.41, 5.74) is 6.91. The molecule has 0 spiro atoms. The van der Waals surface area contributed by atoms with E-state index in [2.05, 4.69) is 20.9 Å². The van der Waals surface area contributed by atoms with E-state index in [9.17, 15) is 9.18 Å². The number of fused-ring (bicyclic) bond motifs is 1. The molecule has 0 bridgehead atoms. The van der Waals surface area contributed by atoms with Gasteiger partial charge in [-0.2, -0.15) is 0 Å². The molecule has 2 N–H and O–H groups in total. The van der Waals surface area contributed by atoms with Crippen LogP contribution in [0, 0.1) is 5.82 Å². The van der Waals surface area contributed by atoms with E-state index in [1.807, 2.05) is 0 Å². The van der Waals surface area contributed by atoms with Crippen molar-refractivity contribution in [3.05, 3.63) is 22.4 Å². The van der Waals surface area contributed by atoms with Crippen molar-refractivity contribution in [3.63, 3.8) is 0 Å². The van der Waals surface area contributed by atoms with Crippen molar-refractivity contribution >= 4 is 38.9 Å². The number of nitrogens with two attached hydrogens (primary N) is 1. The number of aryl methyl sites for hydroxylation is 1. The van der Waals surface area contributed by atoms with Gasteiger partial charge in [0.2, 0.25) is 5.95 Å². The quantitative estimate of drug-likeness (QED) is 0.875. The summed E-state index contributed by atoms with van der Waals surface area (Å²) in [4.78, 5) is 15.5. The van der Waals surface area contributed by atoms with Gasteiger partial charge < -0.3 is 15.0 Å². The molecule has 2 rings (SSSR count). The minimum Gasteiger partial charge on any atom is -0.466 e. The van der Waals surface area contributed by atoms with Gasteiger partial charge in [-0.25, -0.2) is 9.37 Å². The molecule has 1 heterocycles. The van der Waals surface area contributed by atoms with Gasteiger partial charge in [-0.05, 0) is 28.9 Å². The molecule has 1 aromatic carbocycles. The van der Waals surface area contributed by atoms with E-state index in [1.165, 1.54) is 6.07 Å². The molecule has 102 valence electrons. The van der Waals surface area contributed by atoms with Crippen molar-refractivity contribution in [3.8, 4) is 0 Å². The van der Waals surface area contributed by atoms with E-state index in [-0.39, 0.29) is 18.3 Å². The molecule has 5 nitrogen and oxygen atoms in total. The number of rotatable bonds is 4. The molecule has 0 saturated carbocycles. The lowest BCUT2D eigenvalue weighted by molar-refractivity contribution is -0.143. The maximum absolute atomic E-state index is 13.5. The molecule has 7 heteroatoms. The van der Waals surface area contributed by atoms with E-state index >= 15 is 0 Å². The lowest BCUT2D eigenvalue weighted by atomic mass is 10.3. The van der Waals surface area contributed by atoms with Crippen molar-refractivity contribution in [2.24, 2.45) is 0 Å². The van der Waals surface area contributed by atoms with Crippen LogP contribution in [0.1, 0.15) is 13.3 Å². The lowest BCUT2D eigenvalue weighted by Gasteiger charge is -2.06. The number of halogens is 2. The van der Waals surface area contributed by atoms with Crippen molar-refractivity contribution in [2.45, 2.75) is 19.9 Å². The molecule has 1 aromatic heterocycles. The Hall–Kier alpha value is -1.63. The fourth-order valence-electron chi connectivity index (χ4n) is 1.81. The summed E-state index contributed by atoms with van der Waals surface area (Å²) >= 11 is 3.09. The van der Waals surface area contributed by atoms with Gasteiger partial charge >= 0.3 is 5.97 Å². The molecule has 0 fully saturated rings. The Morgan fingerprint density at radius 2 is 2.32 bits per heavy atom. The second-order valence-corrected chi connectivity index (χ2v) is 4.79. The zero-order valence-corrected chi connectivity index (χ0v) is 11.9. The van der Waals surface area contributed by atoms with Crippen molar-refractivity contribution < 1.29 is 13.9 Å². The number of carbonyl (C=O) groups is 1. The summed E-state index contributed by atoms with van der Waals surface area (Å²) in [6.07, 6.45) is 0.168. The monoisotopic (exact) mass is 329 g/mol. The molecule has 0 unspecified atom stereocenters. The standard InChI is InChI=1S/C12H13BrFN3O2/c1-2-19-11(18)3-4-17-10-6-8(14)7(13)5-9(10)16-12(17)15/h5-6H,2-4H2,1H3,(H2,15,16). The summed E-state index contributed by atoms with van der Waals surface area (Å²) in [7, 11) is 0. The number of imidazole rings is 1. The Morgan fingerprint density at radius 3 is 3.00 bits per heavy atom. The van der Waals surface area contributed by atoms with Crippen LogP contribution in [0.3, 0.4) is 0 Å². The zero-order chi connectivity index (χ0) is 14.0. The molecule has 19 heavy (non-hydrogen) atoms. The highest BCUT2D eigenvalue weighted by Crippen LogP contribution is 2.25. The number of esters is 1. The molecule has 0 amide bonds. The van der Waals surface area contributed by atoms with E-state index < -0.39 is 5.82 Å². The van der Waals surface area contributed by atoms with Crippen molar-refractivity contribution in [1.82, 2.24) is 9.55 Å². The van der Waals surface area contributed by atoms with Gasteiger partial charge in [0.05, 0.1) is 28.5 Å². The van der Waals surface area contributed by atoms with Crippen LogP contribution >= 0.6 is 15.9 Å². The smallest absolute Gasteiger partial charge is 0.307 e. The summed E-state index contributed by atoms with van der Waals surface area (Å²) in [5.74, 6) is -0.470. The van der Waals surface area contributed by atoms with Gasteiger partial charge in [-0.3, -0.25) is 4.79 Å². The summed E-state index contributed by atoms with van der Waals surface area (Å²) in [5, 5.41) is 0. The van der Waals surface area contributed by atoms with Crippen LogP contribution in [0.15, 0.2) is 16.6 Å². The van der Waals surface area contributed by atoms with Crippen LogP contribution in [-0.2, 0) is 16.1 Å². The van der Waals surface area contributed by atoms with Gasteiger partial charge in [-0.15, -0.1) is 0 Å². The van der Waals surface area contributed by atoms with Crippen LogP contribution in [0.5, 0.6) is 0 Å². The third kappa shape index (κ3) is 2.86. The summed E-state index contributed by atoms with van der Waals surface area (Å²) in [6, 6.07) is 2.90. The second-order valence-electron chi connectivity index (χ2n) is 3.93. The zero-order valence-electron chi connectivity index (χ0n) is 10.3. The summed E-state index contributed by atoms with van der Waals surface area (Å²) in [6.45, 7) is 2.38. The van der Waals surface area contributed by atoms with Gasteiger partial charge in [0.25, 0.3) is 0 Å². The maximum atomic E-state index is 13.5. The SMILES string of the molecule is CCOC(=O)CCn1c(N)nc2cc(Br)c(F)cc21. The fourth-order valence-corrected chi connectivity index (χ4v) is 2.14. The van der Waals surface area contributed by atoms with Gasteiger partial charge in [0, 0.05) is 12.6 Å². The van der Waals surface area contributed by atoms with E-state index in [0.717, 1.165) is 0 Å². The highest BCUT2D eigenvalue weighted by Gasteiger charge is 2.13. The number of nitrogens with zero attached hydrogens (tertiary/aromatic N) is 2. The van der Waals surface area contributed by atoms with E-state index in [1.54, 1.807) is 17.6 Å². The molecule has 0 atom stereocenters. The van der Waals surface area contributed by atoms with Crippen LogP contribution in [0.2, 0.25) is 0 Å². The second kappa shape index (κ2) is 5.56. The van der Waals surface area contributed by atoms with E-state index in [0.29, 0.717) is 28.7 Å². The first-order chi connectivity index (χ1) is 9.02. The summed E-state index contributed by atoms with van der Waals surface area (Å²) < 4.78 is 20.3. The number of nitrogen functional groups attached to an aromatic ring is 1. The van der Waals surface area contributed by atoms with Crippen molar-refractivity contribution in [2.75, 3.05) is 12.3 Å². The normalized spacial score (nSPS) is 10.9. The van der Waals surface area contributed by atoms with E-state index in [4.69, 9.17) is 10.5 Å². The molecular weight excluding hydrogens is 317 g/mol. The number of anilines is 1. The van der Waals surface area contributed by atoms with Gasteiger partial charge in [-0.1, -0.05) is 0 Å². The molecule has 0 saturated heterocycles. The van der Waals surface area contributed by atoms with Crippen LogP contribution in [-0.4, -0.2) is 22.1 Å². The Kier molecular flexibility index (Phi) is 4.04. The predicted molar refractivity (Wildman–Crippen MR) is 73.1 cm³/mol. The number of aromatic nitrogens is 2. The Balaban J connectivity index is 2.30. The molecule has 2 aromatic rings. The minimum atomic E-state index is -0.398. The Labute approximate surface area is 117 Å².